The molecular formula is C7H11F6N3O2. The van der Waals surface area contributed by atoms with E-state index in [0.29, 0.717) is 0 Å². The number of alkyl halides is 6. The molecule has 0 bridgehead atoms. The first-order chi connectivity index (χ1) is 8.00. The lowest BCUT2D eigenvalue weighted by molar-refractivity contribution is -0.202. The molecule has 0 spiro atoms. The molecule has 11 heteroatoms. The number of aliphatic hydroxyl groups excluding tert-OH is 1. The summed E-state index contributed by atoms with van der Waals surface area (Å²) < 4.78 is 72.5. The third kappa shape index (κ3) is 5.40. The minimum Gasteiger partial charge on any atom is -0.409 e. The SMILES string of the molecule is NC(=NO)C(CNCC(O)C(F)(F)F)C(F)(F)F. The molecule has 0 amide bonds. The molecule has 0 radical (unpaired) electrons. The molecule has 5 nitrogen and oxygen atoms in total. The van der Waals surface area contributed by atoms with E-state index in [1.807, 2.05) is 0 Å². The van der Waals surface area contributed by atoms with Crippen LogP contribution in [0, 0.1) is 5.92 Å². The summed E-state index contributed by atoms with van der Waals surface area (Å²) in [6.07, 6.45) is -12.6. The van der Waals surface area contributed by atoms with Gasteiger partial charge in [-0.05, 0) is 0 Å². The van der Waals surface area contributed by atoms with Gasteiger partial charge in [-0.3, -0.25) is 0 Å². The highest BCUT2D eigenvalue weighted by molar-refractivity contribution is 5.83. The smallest absolute Gasteiger partial charge is 0.409 e. The van der Waals surface area contributed by atoms with Crippen LogP contribution < -0.4 is 11.1 Å². The first-order valence-corrected chi connectivity index (χ1v) is 4.49. The molecule has 0 saturated carbocycles. The third-order valence-electron chi connectivity index (χ3n) is 1.93. The zero-order valence-corrected chi connectivity index (χ0v) is 8.76. The van der Waals surface area contributed by atoms with Crippen LogP contribution in [-0.4, -0.2) is 47.7 Å². The fraction of sp³-hybridized carbons (Fsp3) is 0.857. The largest absolute Gasteiger partial charge is 0.415 e. The van der Waals surface area contributed by atoms with Crippen LogP contribution in [0.1, 0.15) is 0 Å². The molecule has 0 aromatic rings. The Bertz CT molecular complexity index is 290. The summed E-state index contributed by atoms with van der Waals surface area (Å²) in [6.45, 7) is -2.18. The van der Waals surface area contributed by atoms with E-state index in [4.69, 9.17) is 16.0 Å². The topological polar surface area (TPSA) is 90.9 Å². The quantitative estimate of drug-likeness (QED) is 0.193. The van der Waals surface area contributed by atoms with Gasteiger partial charge in [-0.25, -0.2) is 0 Å². The third-order valence-corrected chi connectivity index (χ3v) is 1.93. The van der Waals surface area contributed by atoms with E-state index in [-0.39, 0.29) is 0 Å². The average Bonchev–Trinajstić information content (AvgIpc) is 2.19. The summed E-state index contributed by atoms with van der Waals surface area (Å²) >= 11 is 0. The highest BCUT2D eigenvalue weighted by Gasteiger charge is 2.43. The Morgan fingerprint density at radius 1 is 1.11 bits per heavy atom. The Morgan fingerprint density at radius 2 is 1.61 bits per heavy atom. The second-order valence-electron chi connectivity index (χ2n) is 3.33. The molecular weight excluding hydrogens is 272 g/mol. The number of nitrogens with zero attached hydrogens (tertiary/aromatic N) is 1. The van der Waals surface area contributed by atoms with Gasteiger partial charge < -0.3 is 21.4 Å². The van der Waals surface area contributed by atoms with Gasteiger partial charge in [-0.1, -0.05) is 5.16 Å². The van der Waals surface area contributed by atoms with Crippen LogP contribution >= 0.6 is 0 Å². The Labute approximate surface area is 97.2 Å². The van der Waals surface area contributed by atoms with E-state index in [9.17, 15) is 26.3 Å². The van der Waals surface area contributed by atoms with Gasteiger partial charge in [-0.2, -0.15) is 26.3 Å². The van der Waals surface area contributed by atoms with Crippen molar-refractivity contribution in [2.75, 3.05) is 13.1 Å². The summed E-state index contributed by atoms with van der Waals surface area (Å²) in [5.74, 6) is -3.63. The van der Waals surface area contributed by atoms with Gasteiger partial charge >= 0.3 is 12.4 Å². The second-order valence-corrected chi connectivity index (χ2v) is 3.33. The van der Waals surface area contributed by atoms with Crippen molar-refractivity contribution in [1.29, 1.82) is 0 Å². The fourth-order valence-corrected chi connectivity index (χ4v) is 0.938. The molecule has 0 aliphatic rings. The van der Waals surface area contributed by atoms with Crippen LogP contribution in [0.4, 0.5) is 26.3 Å². The number of aliphatic hydroxyl groups is 1. The Kier molecular flexibility index (Phi) is 5.67. The molecule has 0 rings (SSSR count). The number of hydrogen-bond acceptors (Lipinski definition) is 4. The van der Waals surface area contributed by atoms with Crippen LogP contribution in [0.2, 0.25) is 0 Å². The van der Waals surface area contributed by atoms with Crippen molar-refractivity contribution >= 4 is 5.84 Å². The highest BCUT2D eigenvalue weighted by atomic mass is 19.4. The van der Waals surface area contributed by atoms with E-state index in [2.05, 4.69) is 5.16 Å². The maximum atomic E-state index is 12.3. The lowest BCUT2D eigenvalue weighted by atomic mass is 10.1. The number of rotatable bonds is 5. The van der Waals surface area contributed by atoms with E-state index < -0.39 is 43.3 Å². The molecule has 0 aliphatic heterocycles. The van der Waals surface area contributed by atoms with Crippen LogP contribution in [0.25, 0.3) is 0 Å². The van der Waals surface area contributed by atoms with Gasteiger partial charge in [0.05, 0.1) is 0 Å². The number of nitrogens with two attached hydrogens (primary N) is 1. The minimum absolute atomic E-state index is 1.05. The number of oxime groups is 1. The summed E-state index contributed by atoms with van der Waals surface area (Å²) in [5.41, 5.74) is 4.76. The van der Waals surface area contributed by atoms with Crippen molar-refractivity contribution in [3.8, 4) is 0 Å². The van der Waals surface area contributed by atoms with Crippen molar-refractivity contribution in [1.82, 2.24) is 5.32 Å². The molecule has 0 heterocycles. The number of amidine groups is 1. The summed E-state index contributed by atoms with van der Waals surface area (Å²) in [5, 5.41) is 20.5. The van der Waals surface area contributed by atoms with Gasteiger partial charge in [-0.15, -0.1) is 0 Å². The molecule has 0 saturated heterocycles. The molecule has 108 valence electrons. The Balaban J connectivity index is 4.40. The maximum absolute atomic E-state index is 12.3. The summed E-state index contributed by atoms with van der Waals surface area (Å²) in [4.78, 5) is 0. The van der Waals surface area contributed by atoms with Crippen LogP contribution in [-0.2, 0) is 0 Å². The van der Waals surface area contributed by atoms with Crippen molar-refractivity contribution in [2.45, 2.75) is 18.5 Å². The average molecular weight is 283 g/mol. The van der Waals surface area contributed by atoms with Crippen LogP contribution in [0.15, 0.2) is 5.16 Å². The minimum atomic E-state index is -4.93. The van der Waals surface area contributed by atoms with Gasteiger partial charge in [0, 0.05) is 13.1 Å². The normalized spacial score (nSPS) is 17.6. The molecule has 2 unspecified atom stereocenters. The number of nitrogens with one attached hydrogen (secondary N) is 1. The lowest BCUT2D eigenvalue weighted by Gasteiger charge is -2.21. The summed E-state index contributed by atoms with van der Waals surface area (Å²) in [6, 6.07) is 0. The molecule has 0 aromatic heterocycles. The van der Waals surface area contributed by atoms with E-state index in [0.717, 1.165) is 0 Å². The van der Waals surface area contributed by atoms with Gasteiger partial charge in [0.2, 0.25) is 0 Å². The predicted octanol–water partition coefficient (Wildman–Crippen LogP) is 0.424. The number of halogens is 6. The first-order valence-electron chi connectivity index (χ1n) is 4.49. The van der Waals surface area contributed by atoms with Crippen molar-refractivity contribution in [3.63, 3.8) is 0 Å². The molecule has 2 atom stereocenters. The van der Waals surface area contributed by atoms with Crippen molar-refractivity contribution in [3.05, 3.63) is 0 Å². The lowest BCUT2D eigenvalue weighted by Crippen LogP contribution is -2.46. The van der Waals surface area contributed by atoms with Crippen molar-refractivity contribution < 1.29 is 36.7 Å². The maximum Gasteiger partial charge on any atom is 0.415 e. The van der Waals surface area contributed by atoms with Gasteiger partial charge in [0.15, 0.2) is 11.9 Å². The zero-order chi connectivity index (χ0) is 14.6. The molecule has 0 aliphatic carbocycles. The molecule has 0 fully saturated rings. The van der Waals surface area contributed by atoms with Gasteiger partial charge in [0.25, 0.3) is 0 Å². The summed E-state index contributed by atoms with van der Waals surface area (Å²) in [7, 11) is 0. The number of hydrogen-bond donors (Lipinski definition) is 4. The van der Waals surface area contributed by atoms with Gasteiger partial charge in [0.1, 0.15) is 5.92 Å². The molecule has 5 N–H and O–H groups in total. The monoisotopic (exact) mass is 283 g/mol. The highest BCUT2D eigenvalue weighted by Crippen LogP contribution is 2.26. The Morgan fingerprint density at radius 3 is 1.94 bits per heavy atom. The predicted molar refractivity (Wildman–Crippen MR) is 47.9 cm³/mol. The van der Waals surface area contributed by atoms with E-state index in [1.165, 1.54) is 0 Å². The van der Waals surface area contributed by atoms with Crippen LogP contribution in [0.5, 0.6) is 0 Å². The standard InChI is InChI=1S/C7H11F6N3O2/c8-6(9,10)3(5(14)16-18)1-15-2-4(17)7(11,12)13/h3-4,15,17-18H,1-2H2,(H2,14,16). The van der Waals surface area contributed by atoms with Crippen molar-refractivity contribution in [2.24, 2.45) is 16.8 Å². The first kappa shape index (κ1) is 16.8. The molecule has 0 aromatic carbocycles. The van der Waals surface area contributed by atoms with E-state index >= 15 is 0 Å². The fourth-order valence-electron chi connectivity index (χ4n) is 0.938. The molecule has 18 heavy (non-hydrogen) atoms. The Hall–Kier alpha value is -1.23. The van der Waals surface area contributed by atoms with E-state index in [1.54, 1.807) is 5.32 Å². The second kappa shape index (κ2) is 6.09. The zero-order valence-electron chi connectivity index (χ0n) is 8.76. The van der Waals surface area contributed by atoms with Crippen LogP contribution in [0.3, 0.4) is 0 Å².